The molecule has 2 rings (SSSR count). The fourth-order valence-corrected chi connectivity index (χ4v) is 4.39. The second-order valence-electron chi connectivity index (χ2n) is 5.05. The molecule has 0 amide bonds. The maximum absolute atomic E-state index is 13.3. The van der Waals surface area contributed by atoms with Gasteiger partial charge in [0, 0.05) is 12.6 Å². The monoisotopic (exact) mass is 300 g/mol. The van der Waals surface area contributed by atoms with Gasteiger partial charge in [-0.25, -0.2) is 12.8 Å². The molecule has 0 aliphatic carbocycles. The smallest absolute Gasteiger partial charge is 0.243 e. The predicted octanol–water partition coefficient (Wildman–Crippen LogP) is 1.98. The highest BCUT2D eigenvalue weighted by atomic mass is 32.2. The van der Waals surface area contributed by atoms with Gasteiger partial charge < -0.3 is 5.32 Å². The molecule has 0 radical (unpaired) electrons. The van der Waals surface area contributed by atoms with E-state index >= 15 is 0 Å². The number of hydrogen-bond acceptors (Lipinski definition) is 3. The van der Waals surface area contributed by atoms with Crippen molar-refractivity contribution in [3.05, 3.63) is 30.1 Å². The number of nitrogens with zero attached hydrogens (tertiary/aromatic N) is 1. The van der Waals surface area contributed by atoms with Crippen LogP contribution in [0.2, 0.25) is 0 Å². The van der Waals surface area contributed by atoms with Crippen molar-refractivity contribution < 1.29 is 12.8 Å². The fraction of sp³-hybridized carbons (Fsp3) is 0.571. The van der Waals surface area contributed by atoms with Gasteiger partial charge in [0.1, 0.15) is 5.82 Å². The Morgan fingerprint density at radius 3 is 2.65 bits per heavy atom. The Morgan fingerprint density at radius 2 is 2.05 bits per heavy atom. The molecule has 0 spiro atoms. The summed E-state index contributed by atoms with van der Waals surface area (Å²) in [6.45, 7) is 4.08. The molecule has 1 fully saturated rings. The maximum atomic E-state index is 13.3. The molecular formula is C14H21FN2O2S. The summed E-state index contributed by atoms with van der Waals surface area (Å²) in [5.41, 5.74) is 0. The number of hydrogen-bond donors (Lipinski definition) is 1. The average Bonchev–Trinajstić information content (AvgIpc) is 2.45. The normalized spacial score (nSPS) is 17.6. The van der Waals surface area contributed by atoms with E-state index < -0.39 is 15.8 Å². The Hall–Kier alpha value is -0.980. The van der Waals surface area contributed by atoms with Gasteiger partial charge in [0.15, 0.2) is 0 Å². The Balaban J connectivity index is 2.31. The SMILES string of the molecule is CCCN(C1CCNCC1)S(=O)(=O)c1cccc(F)c1. The zero-order chi connectivity index (χ0) is 14.6. The van der Waals surface area contributed by atoms with Crippen molar-refractivity contribution in [2.75, 3.05) is 19.6 Å². The third kappa shape index (κ3) is 3.37. The van der Waals surface area contributed by atoms with Crippen molar-refractivity contribution in [1.82, 2.24) is 9.62 Å². The maximum Gasteiger partial charge on any atom is 0.243 e. The molecule has 1 heterocycles. The quantitative estimate of drug-likeness (QED) is 0.904. The summed E-state index contributed by atoms with van der Waals surface area (Å²) < 4.78 is 40.3. The van der Waals surface area contributed by atoms with Gasteiger partial charge in [-0.15, -0.1) is 0 Å². The van der Waals surface area contributed by atoms with E-state index in [2.05, 4.69) is 5.32 Å². The van der Waals surface area contributed by atoms with Crippen molar-refractivity contribution in [2.45, 2.75) is 37.1 Å². The first kappa shape index (κ1) is 15.4. The minimum Gasteiger partial charge on any atom is -0.317 e. The first-order valence-electron chi connectivity index (χ1n) is 7.04. The highest BCUT2D eigenvalue weighted by molar-refractivity contribution is 7.89. The zero-order valence-corrected chi connectivity index (χ0v) is 12.5. The molecule has 0 bridgehead atoms. The van der Waals surface area contributed by atoms with Crippen LogP contribution < -0.4 is 5.32 Å². The molecule has 20 heavy (non-hydrogen) atoms. The Labute approximate surface area is 120 Å². The highest BCUT2D eigenvalue weighted by Gasteiger charge is 2.31. The van der Waals surface area contributed by atoms with Gasteiger partial charge in [-0.3, -0.25) is 0 Å². The van der Waals surface area contributed by atoms with E-state index in [9.17, 15) is 12.8 Å². The highest BCUT2D eigenvalue weighted by Crippen LogP contribution is 2.23. The number of halogens is 1. The lowest BCUT2D eigenvalue weighted by Gasteiger charge is -2.33. The van der Waals surface area contributed by atoms with E-state index in [-0.39, 0.29) is 10.9 Å². The number of rotatable bonds is 5. The van der Waals surface area contributed by atoms with Gasteiger partial charge in [-0.2, -0.15) is 4.31 Å². The molecule has 6 heteroatoms. The molecular weight excluding hydrogens is 279 g/mol. The van der Waals surface area contributed by atoms with Crippen LogP contribution >= 0.6 is 0 Å². The molecule has 1 aliphatic rings. The lowest BCUT2D eigenvalue weighted by molar-refractivity contribution is 0.262. The van der Waals surface area contributed by atoms with Crippen molar-refractivity contribution in [3.8, 4) is 0 Å². The second kappa shape index (κ2) is 6.65. The van der Waals surface area contributed by atoms with Gasteiger partial charge in [-0.1, -0.05) is 13.0 Å². The topological polar surface area (TPSA) is 49.4 Å². The van der Waals surface area contributed by atoms with Gasteiger partial charge in [0.05, 0.1) is 4.90 Å². The molecule has 0 saturated carbocycles. The van der Waals surface area contributed by atoms with Crippen molar-refractivity contribution >= 4 is 10.0 Å². The molecule has 112 valence electrons. The van der Waals surface area contributed by atoms with Crippen LogP contribution in [-0.2, 0) is 10.0 Å². The second-order valence-corrected chi connectivity index (χ2v) is 6.94. The van der Waals surface area contributed by atoms with Crippen LogP contribution in [-0.4, -0.2) is 38.4 Å². The van der Waals surface area contributed by atoms with E-state index in [4.69, 9.17) is 0 Å². The summed E-state index contributed by atoms with van der Waals surface area (Å²) in [5, 5.41) is 3.23. The van der Waals surface area contributed by atoms with Crippen LogP contribution in [0.15, 0.2) is 29.2 Å². The summed E-state index contributed by atoms with van der Waals surface area (Å²) in [4.78, 5) is 0.0458. The molecule has 1 aliphatic heterocycles. The third-order valence-corrected chi connectivity index (χ3v) is 5.51. The molecule has 1 N–H and O–H groups in total. The molecule has 0 aromatic heterocycles. The lowest BCUT2D eigenvalue weighted by Crippen LogP contribution is -2.46. The van der Waals surface area contributed by atoms with Crippen LogP contribution in [0.5, 0.6) is 0 Å². The zero-order valence-electron chi connectivity index (χ0n) is 11.7. The molecule has 1 saturated heterocycles. The Morgan fingerprint density at radius 1 is 1.35 bits per heavy atom. The summed E-state index contributed by atoms with van der Waals surface area (Å²) in [6.07, 6.45) is 2.35. The van der Waals surface area contributed by atoms with Crippen molar-refractivity contribution in [3.63, 3.8) is 0 Å². The summed E-state index contributed by atoms with van der Waals surface area (Å²) in [7, 11) is -3.62. The Bertz CT molecular complexity index is 542. The van der Waals surface area contributed by atoms with Gasteiger partial charge >= 0.3 is 0 Å². The fourth-order valence-electron chi connectivity index (χ4n) is 2.58. The van der Waals surface area contributed by atoms with E-state index in [1.54, 1.807) is 4.31 Å². The summed E-state index contributed by atoms with van der Waals surface area (Å²) in [6, 6.07) is 5.26. The molecule has 4 nitrogen and oxygen atoms in total. The van der Waals surface area contributed by atoms with E-state index in [0.717, 1.165) is 38.4 Å². The van der Waals surface area contributed by atoms with Crippen LogP contribution in [0.3, 0.4) is 0 Å². The molecule has 0 atom stereocenters. The molecule has 1 aromatic rings. The van der Waals surface area contributed by atoms with Gasteiger partial charge in [0.25, 0.3) is 0 Å². The minimum absolute atomic E-state index is 0.00414. The summed E-state index contributed by atoms with van der Waals surface area (Å²) >= 11 is 0. The first-order valence-corrected chi connectivity index (χ1v) is 8.48. The predicted molar refractivity (Wildman–Crippen MR) is 76.5 cm³/mol. The standard InChI is InChI=1S/C14H21FN2O2S/c1-2-10-17(13-6-8-16-9-7-13)20(18,19)14-5-3-4-12(15)11-14/h3-5,11,13,16H,2,6-10H2,1H3. The van der Waals surface area contributed by atoms with Crippen LogP contribution in [0.1, 0.15) is 26.2 Å². The van der Waals surface area contributed by atoms with Crippen molar-refractivity contribution in [2.24, 2.45) is 0 Å². The van der Waals surface area contributed by atoms with E-state index in [0.29, 0.717) is 6.54 Å². The number of sulfonamides is 1. The molecule has 1 aromatic carbocycles. The largest absolute Gasteiger partial charge is 0.317 e. The van der Waals surface area contributed by atoms with Gasteiger partial charge in [-0.05, 0) is 50.6 Å². The lowest BCUT2D eigenvalue weighted by atomic mass is 10.1. The first-order chi connectivity index (χ1) is 9.55. The average molecular weight is 300 g/mol. The van der Waals surface area contributed by atoms with Crippen LogP contribution in [0.25, 0.3) is 0 Å². The van der Waals surface area contributed by atoms with Crippen molar-refractivity contribution in [1.29, 1.82) is 0 Å². The summed E-state index contributed by atoms with van der Waals surface area (Å²) in [5.74, 6) is -0.521. The molecule has 0 unspecified atom stereocenters. The number of benzene rings is 1. The van der Waals surface area contributed by atoms with Crippen LogP contribution in [0.4, 0.5) is 4.39 Å². The Kier molecular flexibility index (Phi) is 5.12. The third-order valence-electron chi connectivity index (χ3n) is 3.56. The number of nitrogens with one attached hydrogen (secondary N) is 1. The van der Waals surface area contributed by atoms with E-state index in [1.807, 2.05) is 6.92 Å². The minimum atomic E-state index is -3.62. The number of piperidine rings is 1. The van der Waals surface area contributed by atoms with E-state index in [1.165, 1.54) is 18.2 Å². The van der Waals surface area contributed by atoms with Crippen LogP contribution in [0, 0.1) is 5.82 Å². The van der Waals surface area contributed by atoms with Gasteiger partial charge in [0.2, 0.25) is 10.0 Å².